The van der Waals surface area contributed by atoms with Gasteiger partial charge >= 0.3 is 6.61 Å². The standard InChI is InChI=1S/C27H26F2N6O3/c1-17(36)32-10-12-33(13-11-32)27-30-15-19(16-31-27)18-6-7-21-23(14-18)35-22(8-9-34(35)25(21)37)20-4-2-3-5-24(20)38-26(28)29/h2-7,14-16,22,26H,8-13H2,1H3/t22-/m1/s1. The van der Waals surface area contributed by atoms with Gasteiger partial charge in [-0.25, -0.2) is 14.6 Å². The number of fused-ring (bicyclic) bond motifs is 3. The van der Waals surface area contributed by atoms with Crippen LogP contribution in [0.1, 0.15) is 24.9 Å². The number of ether oxygens (including phenoxy) is 1. The molecule has 1 fully saturated rings. The molecule has 1 atom stereocenters. The molecule has 0 spiro atoms. The minimum absolute atomic E-state index is 0.0693. The number of para-hydroxylation sites is 1. The molecule has 9 nitrogen and oxygen atoms in total. The van der Waals surface area contributed by atoms with E-state index in [1.807, 2.05) is 21.7 Å². The van der Waals surface area contributed by atoms with Crippen LogP contribution in [0.25, 0.3) is 22.0 Å². The number of hydrogen-bond acceptors (Lipinski definition) is 6. The topological polar surface area (TPSA) is 85.5 Å². The number of benzene rings is 2. The van der Waals surface area contributed by atoms with Crippen molar-refractivity contribution in [2.24, 2.45) is 0 Å². The van der Waals surface area contributed by atoms with Crippen LogP contribution in [0.2, 0.25) is 0 Å². The number of piperazine rings is 1. The van der Waals surface area contributed by atoms with Crippen molar-refractivity contribution in [3.63, 3.8) is 0 Å². The fourth-order valence-corrected chi connectivity index (χ4v) is 5.46. The minimum atomic E-state index is -2.94. The molecule has 0 unspecified atom stereocenters. The smallest absolute Gasteiger partial charge is 0.387 e. The monoisotopic (exact) mass is 520 g/mol. The Bertz CT molecular complexity index is 1560. The summed E-state index contributed by atoms with van der Waals surface area (Å²) in [6.07, 6.45) is 4.10. The van der Waals surface area contributed by atoms with E-state index in [4.69, 9.17) is 4.74 Å². The van der Waals surface area contributed by atoms with Crippen molar-refractivity contribution in [2.45, 2.75) is 32.5 Å². The molecule has 2 aromatic heterocycles. The molecule has 6 rings (SSSR count). The van der Waals surface area contributed by atoms with Crippen LogP contribution in [0, 0.1) is 0 Å². The molecule has 0 saturated carbocycles. The fraction of sp³-hybridized carbons (Fsp3) is 0.333. The van der Waals surface area contributed by atoms with Gasteiger partial charge in [-0.3, -0.25) is 14.3 Å². The number of hydrogen-bond donors (Lipinski definition) is 0. The third-order valence-corrected chi connectivity index (χ3v) is 7.35. The molecule has 1 amide bonds. The van der Waals surface area contributed by atoms with E-state index in [2.05, 4.69) is 14.9 Å². The van der Waals surface area contributed by atoms with Gasteiger partial charge in [0.1, 0.15) is 5.75 Å². The Labute approximate surface area is 216 Å². The molecule has 0 radical (unpaired) electrons. The zero-order valence-electron chi connectivity index (χ0n) is 20.8. The molecule has 0 N–H and O–H groups in total. The van der Waals surface area contributed by atoms with Crippen LogP contribution in [-0.4, -0.2) is 62.9 Å². The Morgan fingerprint density at radius 3 is 2.45 bits per heavy atom. The molecule has 1 saturated heterocycles. The van der Waals surface area contributed by atoms with Gasteiger partial charge in [0.2, 0.25) is 11.9 Å². The van der Waals surface area contributed by atoms with Gasteiger partial charge in [-0.05, 0) is 30.2 Å². The molecule has 196 valence electrons. The zero-order chi connectivity index (χ0) is 26.4. The lowest BCUT2D eigenvalue weighted by Gasteiger charge is -2.34. The molecule has 0 bridgehead atoms. The quantitative estimate of drug-likeness (QED) is 0.400. The van der Waals surface area contributed by atoms with Gasteiger partial charge in [-0.15, -0.1) is 0 Å². The van der Waals surface area contributed by atoms with Crippen LogP contribution < -0.4 is 15.2 Å². The normalized spacial score (nSPS) is 17.3. The summed E-state index contributed by atoms with van der Waals surface area (Å²) >= 11 is 0. The van der Waals surface area contributed by atoms with E-state index >= 15 is 0 Å². The Hall–Kier alpha value is -4.28. The number of nitrogens with zero attached hydrogens (tertiary/aromatic N) is 6. The van der Waals surface area contributed by atoms with E-state index < -0.39 is 6.61 Å². The average molecular weight is 521 g/mol. The molecule has 4 heterocycles. The van der Waals surface area contributed by atoms with Crippen molar-refractivity contribution >= 4 is 22.8 Å². The number of amides is 1. The molecule has 2 aromatic carbocycles. The van der Waals surface area contributed by atoms with Crippen molar-refractivity contribution in [3.05, 3.63) is 70.8 Å². The lowest BCUT2D eigenvalue weighted by atomic mass is 10.0. The Balaban J connectivity index is 1.32. The Morgan fingerprint density at radius 1 is 1.00 bits per heavy atom. The summed E-state index contributed by atoms with van der Waals surface area (Å²) in [5.41, 5.74) is 2.85. The number of halogens is 2. The minimum Gasteiger partial charge on any atom is -0.434 e. The summed E-state index contributed by atoms with van der Waals surface area (Å²) in [5.74, 6) is 0.786. The number of carbonyl (C=O) groups is 1. The van der Waals surface area contributed by atoms with Crippen molar-refractivity contribution < 1.29 is 18.3 Å². The number of aromatic nitrogens is 4. The Morgan fingerprint density at radius 2 is 1.74 bits per heavy atom. The zero-order valence-corrected chi connectivity index (χ0v) is 20.8. The van der Waals surface area contributed by atoms with E-state index in [0.717, 1.165) is 11.1 Å². The van der Waals surface area contributed by atoms with Crippen LogP contribution in [0.15, 0.2) is 59.7 Å². The van der Waals surface area contributed by atoms with Gasteiger partial charge in [-0.1, -0.05) is 24.3 Å². The lowest BCUT2D eigenvalue weighted by Crippen LogP contribution is -2.48. The largest absolute Gasteiger partial charge is 0.434 e. The molecule has 2 aliphatic rings. The SMILES string of the molecule is CC(=O)N1CCN(c2ncc(-c3ccc4c(=O)n5n(c4c3)[C@@H](c3ccccc3OC(F)F)CC5)cn2)CC1. The van der Waals surface area contributed by atoms with Crippen LogP contribution in [0.4, 0.5) is 14.7 Å². The molecule has 38 heavy (non-hydrogen) atoms. The summed E-state index contributed by atoms with van der Waals surface area (Å²) in [6.45, 7) is 1.73. The highest BCUT2D eigenvalue weighted by Crippen LogP contribution is 2.37. The van der Waals surface area contributed by atoms with Gasteiger partial charge < -0.3 is 14.5 Å². The highest BCUT2D eigenvalue weighted by Gasteiger charge is 2.30. The second-order valence-electron chi connectivity index (χ2n) is 9.49. The lowest BCUT2D eigenvalue weighted by molar-refractivity contribution is -0.129. The van der Waals surface area contributed by atoms with Gasteiger partial charge in [-0.2, -0.15) is 8.78 Å². The maximum absolute atomic E-state index is 13.1. The van der Waals surface area contributed by atoms with Crippen molar-refractivity contribution in [1.82, 2.24) is 24.2 Å². The Kier molecular flexibility index (Phi) is 6.05. The van der Waals surface area contributed by atoms with E-state index in [9.17, 15) is 18.4 Å². The van der Waals surface area contributed by atoms with E-state index in [1.54, 1.807) is 48.3 Å². The number of anilines is 1. The number of rotatable bonds is 5. The van der Waals surface area contributed by atoms with Crippen LogP contribution in [0.3, 0.4) is 0 Å². The van der Waals surface area contributed by atoms with Crippen molar-refractivity contribution in [3.8, 4) is 16.9 Å². The third kappa shape index (κ3) is 4.17. The molecule has 11 heteroatoms. The summed E-state index contributed by atoms with van der Waals surface area (Å²) in [6, 6.07) is 12.0. The van der Waals surface area contributed by atoms with Gasteiger partial charge in [0.15, 0.2) is 0 Å². The molecule has 0 aliphatic carbocycles. The maximum atomic E-state index is 13.1. The van der Waals surface area contributed by atoms with Crippen molar-refractivity contribution in [1.29, 1.82) is 0 Å². The average Bonchev–Trinajstić information content (AvgIpc) is 3.48. The summed E-state index contributed by atoms with van der Waals surface area (Å²) in [4.78, 5) is 37.7. The first-order chi connectivity index (χ1) is 18.4. The second kappa shape index (κ2) is 9.55. The van der Waals surface area contributed by atoms with Gasteiger partial charge in [0.05, 0.1) is 16.9 Å². The van der Waals surface area contributed by atoms with Crippen molar-refractivity contribution in [2.75, 3.05) is 31.1 Å². The fourth-order valence-electron chi connectivity index (χ4n) is 5.46. The first kappa shape index (κ1) is 24.1. The highest BCUT2D eigenvalue weighted by molar-refractivity contribution is 5.84. The van der Waals surface area contributed by atoms with E-state index in [-0.39, 0.29) is 23.3 Å². The summed E-state index contributed by atoms with van der Waals surface area (Å²) < 4.78 is 34.5. The third-order valence-electron chi connectivity index (χ3n) is 7.35. The van der Waals surface area contributed by atoms with Crippen LogP contribution in [-0.2, 0) is 11.3 Å². The highest BCUT2D eigenvalue weighted by atomic mass is 19.3. The molecular weight excluding hydrogens is 494 g/mol. The predicted molar refractivity (Wildman–Crippen MR) is 138 cm³/mol. The summed E-state index contributed by atoms with van der Waals surface area (Å²) in [5, 5.41) is 0.562. The van der Waals surface area contributed by atoms with Crippen LogP contribution >= 0.6 is 0 Å². The second-order valence-corrected chi connectivity index (χ2v) is 9.49. The molecule has 4 aromatic rings. The van der Waals surface area contributed by atoms with Gasteiger partial charge in [0, 0.05) is 63.2 Å². The molecular formula is C27H26F2N6O3. The predicted octanol–water partition coefficient (Wildman–Crippen LogP) is 3.52. The number of alkyl halides is 2. The summed E-state index contributed by atoms with van der Waals surface area (Å²) in [7, 11) is 0. The first-order valence-corrected chi connectivity index (χ1v) is 12.5. The van der Waals surface area contributed by atoms with E-state index in [1.165, 1.54) is 6.07 Å². The first-order valence-electron chi connectivity index (χ1n) is 12.5. The van der Waals surface area contributed by atoms with Gasteiger partial charge in [0.25, 0.3) is 5.56 Å². The van der Waals surface area contributed by atoms with Crippen LogP contribution in [0.5, 0.6) is 5.75 Å². The molecule has 2 aliphatic heterocycles. The maximum Gasteiger partial charge on any atom is 0.387 e. The van der Waals surface area contributed by atoms with E-state index in [0.29, 0.717) is 61.6 Å². The number of carbonyl (C=O) groups excluding carboxylic acids is 1.